The number of aromatic nitrogens is 2. The molecule has 0 saturated carbocycles. The molecule has 3 heterocycles. The van der Waals surface area contributed by atoms with Crippen LogP contribution in [0.3, 0.4) is 0 Å². The maximum absolute atomic E-state index is 14.8. The summed E-state index contributed by atoms with van der Waals surface area (Å²) in [4.78, 5) is 43.7. The number of ether oxygens (including phenoxy) is 1. The molecule has 0 radical (unpaired) electrons. The van der Waals surface area contributed by atoms with Gasteiger partial charge in [-0.1, -0.05) is 0 Å². The van der Waals surface area contributed by atoms with Gasteiger partial charge in [-0.05, 0) is 26.0 Å². The topological polar surface area (TPSA) is 106 Å². The van der Waals surface area contributed by atoms with Gasteiger partial charge >= 0.3 is 12.4 Å². The number of benzene rings is 1. The summed E-state index contributed by atoms with van der Waals surface area (Å²) in [6, 6.07) is 1.23. The number of fused-ring (bicyclic) bond motifs is 1. The average molecular weight is 543 g/mol. The van der Waals surface area contributed by atoms with Crippen molar-refractivity contribution in [3.63, 3.8) is 0 Å². The molecule has 2 aromatic heterocycles. The molecule has 3 aromatic rings. The zero-order valence-corrected chi connectivity index (χ0v) is 19.7. The molecule has 1 fully saturated rings. The standard InChI is InChI=1S/C23H19F6N5O4/c1-10-7-33(22(37)31-10)17-4-3-13-19(35)14(21(36)30-11(2)9-38-23(27,28)29)8-34(20(13)32-17)18-15(25)5-12(24)6-16(18)26/h3-6,8,10-11H,7,9H2,1-2H3,(H,30,36)(H,31,37)/t10-,11?/m1/s1. The Bertz CT molecular complexity index is 1470. The van der Waals surface area contributed by atoms with E-state index in [1.165, 1.54) is 24.0 Å². The molecular weight excluding hydrogens is 524 g/mol. The molecular formula is C23H19F6N5O4. The van der Waals surface area contributed by atoms with Crippen LogP contribution in [0.15, 0.2) is 35.3 Å². The molecule has 1 aromatic carbocycles. The van der Waals surface area contributed by atoms with Gasteiger partial charge < -0.3 is 10.6 Å². The summed E-state index contributed by atoms with van der Waals surface area (Å²) in [5, 5.41) is 4.48. The van der Waals surface area contributed by atoms with E-state index in [2.05, 4.69) is 20.4 Å². The van der Waals surface area contributed by atoms with Crippen LogP contribution < -0.4 is 21.0 Å². The summed E-state index contributed by atoms with van der Waals surface area (Å²) in [6.45, 7) is 2.13. The Morgan fingerprint density at radius 1 is 1.21 bits per heavy atom. The van der Waals surface area contributed by atoms with E-state index in [4.69, 9.17) is 0 Å². The highest BCUT2D eigenvalue weighted by molar-refractivity contribution is 5.98. The predicted octanol–water partition coefficient (Wildman–Crippen LogP) is 3.38. The number of hydrogen-bond acceptors (Lipinski definition) is 5. The van der Waals surface area contributed by atoms with Gasteiger partial charge in [-0.2, -0.15) is 0 Å². The fraction of sp³-hybridized carbons (Fsp3) is 0.304. The minimum absolute atomic E-state index is 0.0190. The highest BCUT2D eigenvalue weighted by atomic mass is 19.4. The predicted molar refractivity (Wildman–Crippen MR) is 121 cm³/mol. The fourth-order valence-electron chi connectivity index (χ4n) is 3.89. The summed E-state index contributed by atoms with van der Waals surface area (Å²) in [6.07, 6.45) is -4.22. The van der Waals surface area contributed by atoms with Gasteiger partial charge in [0.25, 0.3) is 5.91 Å². The molecule has 1 aliphatic heterocycles. The summed E-state index contributed by atoms with van der Waals surface area (Å²) in [5.74, 6) is -5.17. The van der Waals surface area contributed by atoms with Gasteiger partial charge in [0.15, 0.2) is 17.3 Å². The Morgan fingerprint density at radius 2 is 1.87 bits per heavy atom. The van der Waals surface area contributed by atoms with Gasteiger partial charge in [0.2, 0.25) is 5.43 Å². The van der Waals surface area contributed by atoms with Crippen molar-refractivity contribution >= 4 is 28.8 Å². The molecule has 202 valence electrons. The molecule has 0 bridgehead atoms. The van der Waals surface area contributed by atoms with Crippen LogP contribution in [0, 0.1) is 17.5 Å². The number of carbonyl (C=O) groups excluding carboxylic acids is 2. The lowest BCUT2D eigenvalue weighted by Crippen LogP contribution is -2.39. The molecule has 38 heavy (non-hydrogen) atoms. The van der Waals surface area contributed by atoms with E-state index >= 15 is 0 Å². The van der Waals surface area contributed by atoms with E-state index in [0.29, 0.717) is 16.7 Å². The van der Waals surface area contributed by atoms with E-state index in [1.807, 2.05) is 0 Å². The quantitative estimate of drug-likeness (QED) is 0.464. The normalized spacial score (nSPS) is 16.6. The van der Waals surface area contributed by atoms with Crippen molar-refractivity contribution in [3.8, 4) is 5.69 Å². The SMILES string of the molecule is CC(COC(F)(F)F)NC(=O)c1cn(-c2c(F)cc(F)cc2F)c2nc(N3C[C@@H](C)NC3=O)ccc2c1=O. The molecule has 15 heteroatoms. The molecule has 1 aliphatic rings. The fourth-order valence-corrected chi connectivity index (χ4v) is 3.89. The molecule has 2 N–H and O–H groups in total. The highest BCUT2D eigenvalue weighted by Gasteiger charge is 2.31. The second-order valence-electron chi connectivity index (χ2n) is 8.59. The molecule has 0 spiro atoms. The van der Waals surface area contributed by atoms with Crippen molar-refractivity contribution in [3.05, 3.63) is 63.7 Å². The Kier molecular flexibility index (Phi) is 7.06. The third-order valence-electron chi connectivity index (χ3n) is 5.53. The number of halogens is 6. The Labute approximate surface area is 210 Å². The van der Waals surface area contributed by atoms with Crippen LogP contribution in [-0.4, -0.2) is 53.1 Å². The van der Waals surface area contributed by atoms with Crippen molar-refractivity contribution in [1.29, 1.82) is 0 Å². The number of alkyl halides is 3. The van der Waals surface area contributed by atoms with Gasteiger partial charge in [-0.15, -0.1) is 13.2 Å². The maximum atomic E-state index is 14.8. The zero-order chi connectivity index (χ0) is 27.9. The maximum Gasteiger partial charge on any atom is 0.522 e. The lowest BCUT2D eigenvalue weighted by atomic mass is 10.1. The van der Waals surface area contributed by atoms with Gasteiger partial charge in [0.05, 0.1) is 18.0 Å². The summed E-state index contributed by atoms with van der Waals surface area (Å²) >= 11 is 0. The smallest absolute Gasteiger partial charge is 0.347 e. The Morgan fingerprint density at radius 3 is 2.45 bits per heavy atom. The molecule has 4 rings (SSSR count). The minimum Gasteiger partial charge on any atom is -0.347 e. The van der Waals surface area contributed by atoms with Crippen LogP contribution in [-0.2, 0) is 4.74 Å². The van der Waals surface area contributed by atoms with Crippen LogP contribution in [0.2, 0.25) is 0 Å². The molecule has 2 atom stereocenters. The first-order valence-corrected chi connectivity index (χ1v) is 11.1. The summed E-state index contributed by atoms with van der Waals surface area (Å²) in [7, 11) is 0. The molecule has 1 saturated heterocycles. The van der Waals surface area contributed by atoms with Gasteiger partial charge in [-0.25, -0.2) is 22.9 Å². The zero-order valence-electron chi connectivity index (χ0n) is 19.7. The molecule has 1 unspecified atom stereocenters. The number of urea groups is 1. The number of pyridine rings is 2. The van der Waals surface area contributed by atoms with Crippen LogP contribution in [0.25, 0.3) is 16.7 Å². The van der Waals surface area contributed by atoms with Gasteiger partial charge in [0.1, 0.15) is 22.9 Å². The van der Waals surface area contributed by atoms with Crippen molar-refractivity contribution in [2.45, 2.75) is 32.3 Å². The van der Waals surface area contributed by atoms with Gasteiger partial charge in [-0.3, -0.25) is 23.8 Å². The van der Waals surface area contributed by atoms with Crippen LogP contribution in [0.1, 0.15) is 24.2 Å². The van der Waals surface area contributed by atoms with Crippen molar-refractivity contribution in [2.24, 2.45) is 0 Å². The number of nitrogens with one attached hydrogen (secondary N) is 2. The molecule has 9 nitrogen and oxygen atoms in total. The first-order valence-electron chi connectivity index (χ1n) is 11.1. The van der Waals surface area contributed by atoms with E-state index in [1.54, 1.807) is 6.92 Å². The monoisotopic (exact) mass is 543 g/mol. The minimum atomic E-state index is -4.96. The average Bonchev–Trinajstić information content (AvgIpc) is 3.15. The number of hydrogen-bond donors (Lipinski definition) is 2. The first-order chi connectivity index (χ1) is 17.7. The lowest BCUT2D eigenvalue weighted by Gasteiger charge is -2.19. The van der Waals surface area contributed by atoms with Crippen LogP contribution in [0.5, 0.6) is 0 Å². The lowest BCUT2D eigenvalue weighted by molar-refractivity contribution is -0.325. The third-order valence-corrected chi connectivity index (χ3v) is 5.53. The van der Waals surface area contributed by atoms with Crippen LogP contribution >= 0.6 is 0 Å². The first kappa shape index (κ1) is 26.9. The van der Waals surface area contributed by atoms with Crippen molar-refractivity contribution in [2.75, 3.05) is 18.1 Å². The highest BCUT2D eigenvalue weighted by Crippen LogP contribution is 2.26. The van der Waals surface area contributed by atoms with E-state index in [-0.39, 0.29) is 29.4 Å². The number of rotatable bonds is 6. The Balaban J connectivity index is 1.86. The van der Waals surface area contributed by atoms with E-state index in [0.717, 1.165) is 6.20 Å². The number of nitrogens with zero attached hydrogens (tertiary/aromatic N) is 3. The largest absolute Gasteiger partial charge is 0.522 e. The Hall–Kier alpha value is -4.14. The van der Waals surface area contributed by atoms with E-state index < -0.39 is 65.1 Å². The van der Waals surface area contributed by atoms with Crippen molar-refractivity contribution in [1.82, 2.24) is 20.2 Å². The molecule has 0 aliphatic carbocycles. The van der Waals surface area contributed by atoms with Crippen LogP contribution in [0.4, 0.5) is 37.0 Å². The van der Waals surface area contributed by atoms with E-state index in [9.17, 15) is 40.7 Å². The summed E-state index contributed by atoms with van der Waals surface area (Å²) in [5.41, 5.74) is -2.91. The number of carbonyl (C=O) groups is 2. The number of amides is 3. The third kappa shape index (κ3) is 5.41. The van der Waals surface area contributed by atoms with Crippen molar-refractivity contribution < 1.29 is 40.7 Å². The summed E-state index contributed by atoms with van der Waals surface area (Å²) < 4.78 is 84.5. The number of anilines is 1. The van der Waals surface area contributed by atoms with Gasteiger partial charge in [0, 0.05) is 30.9 Å². The second-order valence-corrected chi connectivity index (χ2v) is 8.59. The molecule has 3 amide bonds. The second kappa shape index (κ2) is 9.96.